The lowest BCUT2D eigenvalue weighted by molar-refractivity contribution is 0.240. The van der Waals surface area contributed by atoms with E-state index in [-0.39, 0.29) is 5.84 Å². The number of aromatic nitrogens is 2. The van der Waals surface area contributed by atoms with E-state index in [9.17, 15) is 0 Å². The van der Waals surface area contributed by atoms with Gasteiger partial charge in [-0.2, -0.15) is 5.10 Å². The number of hydrogen-bond acceptors (Lipinski definition) is 4. The molecule has 0 atom stereocenters. The van der Waals surface area contributed by atoms with E-state index in [0.29, 0.717) is 12.3 Å². The van der Waals surface area contributed by atoms with Crippen molar-refractivity contribution in [2.24, 2.45) is 16.8 Å². The van der Waals surface area contributed by atoms with Crippen LogP contribution in [0.3, 0.4) is 0 Å². The molecule has 108 valence electrons. The first-order valence-electron chi connectivity index (χ1n) is 6.75. The Morgan fingerprint density at radius 2 is 2.32 bits per heavy atom. The lowest BCUT2D eigenvalue weighted by Crippen LogP contribution is -2.31. The van der Waals surface area contributed by atoms with Crippen molar-refractivity contribution in [3.05, 3.63) is 18.0 Å². The monoisotopic (exact) mass is 267 g/mol. The van der Waals surface area contributed by atoms with E-state index in [1.165, 1.54) is 5.56 Å². The van der Waals surface area contributed by atoms with Crippen LogP contribution < -0.4 is 5.73 Å². The number of nitrogens with two attached hydrogens (primary N) is 1. The highest BCUT2D eigenvalue weighted by Gasteiger charge is 2.10. The number of rotatable bonds is 8. The molecule has 1 aromatic heterocycles. The summed E-state index contributed by atoms with van der Waals surface area (Å²) >= 11 is 0. The molecule has 6 nitrogen and oxygen atoms in total. The van der Waals surface area contributed by atoms with Gasteiger partial charge in [-0.15, -0.1) is 0 Å². The minimum absolute atomic E-state index is 0.276. The molecule has 0 fully saturated rings. The van der Waals surface area contributed by atoms with E-state index < -0.39 is 0 Å². The smallest absolute Gasteiger partial charge is 0.140 e. The Hall–Kier alpha value is -1.56. The van der Waals surface area contributed by atoms with Gasteiger partial charge in [0.05, 0.1) is 6.20 Å². The van der Waals surface area contributed by atoms with Gasteiger partial charge in [-0.05, 0) is 12.8 Å². The van der Waals surface area contributed by atoms with Crippen LogP contribution in [-0.4, -0.2) is 38.8 Å². The topological polar surface area (TPSA) is 79.7 Å². The third-order valence-electron chi connectivity index (χ3n) is 2.85. The summed E-state index contributed by atoms with van der Waals surface area (Å²) in [6, 6.07) is 0. The maximum Gasteiger partial charge on any atom is 0.140 e. The highest BCUT2D eigenvalue weighted by atomic mass is 16.4. The van der Waals surface area contributed by atoms with Gasteiger partial charge in [-0.1, -0.05) is 19.0 Å². The first-order chi connectivity index (χ1) is 9.05. The van der Waals surface area contributed by atoms with E-state index in [4.69, 9.17) is 10.9 Å². The molecule has 0 aromatic carbocycles. The summed E-state index contributed by atoms with van der Waals surface area (Å²) in [5.41, 5.74) is 6.72. The van der Waals surface area contributed by atoms with E-state index in [2.05, 4.69) is 42.1 Å². The summed E-state index contributed by atoms with van der Waals surface area (Å²) in [4.78, 5) is 2.31. The molecule has 1 rings (SSSR count). The molecule has 19 heavy (non-hydrogen) atoms. The predicted octanol–water partition coefficient (Wildman–Crippen LogP) is 1.50. The first-order valence-corrected chi connectivity index (χ1v) is 6.75. The van der Waals surface area contributed by atoms with E-state index >= 15 is 0 Å². The molecule has 0 unspecified atom stereocenters. The summed E-state index contributed by atoms with van der Waals surface area (Å²) in [6.45, 7) is 9.94. The molecule has 1 aromatic rings. The first kappa shape index (κ1) is 15.5. The summed E-state index contributed by atoms with van der Waals surface area (Å²) in [7, 11) is 0. The van der Waals surface area contributed by atoms with Crippen molar-refractivity contribution in [2.75, 3.05) is 13.1 Å². The predicted molar refractivity (Wildman–Crippen MR) is 76.0 cm³/mol. The maximum absolute atomic E-state index is 8.59. The third kappa shape index (κ3) is 5.74. The Labute approximate surface area is 114 Å². The van der Waals surface area contributed by atoms with Gasteiger partial charge in [0.15, 0.2) is 0 Å². The van der Waals surface area contributed by atoms with Gasteiger partial charge >= 0.3 is 0 Å². The fourth-order valence-corrected chi connectivity index (χ4v) is 1.99. The Bertz CT molecular complexity index is 399. The Kier molecular flexibility index (Phi) is 6.35. The zero-order valence-electron chi connectivity index (χ0n) is 12.1. The summed E-state index contributed by atoms with van der Waals surface area (Å²) in [5.74, 6) is 0.853. The van der Waals surface area contributed by atoms with Crippen molar-refractivity contribution in [1.82, 2.24) is 14.7 Å². The number of hydrogen-bond donors (Lipinski definition) is 2. The van der Waals surface area contributed by atoms with Gasteiger partial charge in [-0.3, -0.25) is 9.58 Å². The molecule has 0 saturated carbocycles. The lowest BCUT2D eigenvalue weighted by atomic mass is 10.2. The average molecular weight is 267 g/mol. The van der Waals surface area contributed by atoms with Crippen LogP contribution in [0.1, 0.15) is 32.8 Å². The Morgan fingerprint density at radius 1 is 1.58 bits per heavy atom. The Balaban J connectivity index is 2.57. The van der Waals surface area contributed by atoms with Crippen molar-refractivity contribution < 1.29 is 5.21 Å². The van der Waals surface area contributed by atoms with E-state index in [1.807, 2.05) is 10.9 Å². The number of nitrogens with zero attached hydrogens (tertiary/aromatic N) is 4. The molecule has 0 spiro atoms. The molecule has 1 heterocycles. The van der Waals surface area contributed by atoms with Crippen LogP contribution in [0.2, 0.25) is 0 Å². The molecular weight excluding hydrogens is 242 g/mol. The van der Waals surface area contributed by atoms with Crippen LogP contribution in [-0.2, 0) is 13.1 Å². The molecule has 0 aliphatic heterocycles. The average Bonchev–Trinajstić information content (AvgIpc) is 2.82. The third-order valence-corrected chi connectivity index (χ3v) is 2.85. The highest BCUT2D eigenvalue weighted by molar-refractivity contribution is 5.79. The van der Waals surface area contributed by atoms with Crippen LogP contribution in [0.5, 0.6) is 0 Å². The second-order valence-corrected chi connectivity index (χ2v) is 5.17. The van der Waals surface area contributed by atoms with Gasteiger partial charge in [0.1, 0.15) is 5.84 Å². The second kappa shape index (κ2) is 7.78. The zero-order valence-corrected chi connectivity index (χ0v) is 12.1. The van der Waals surface area contributed by atoms with Gasteiger partial charge in [0.25, 0.3) is 0 Å². The molecule has 0 radical (unpaired) electrons. The molecule has 0 bridgehead atoms. The van der Waals surface area contributed by atoms with Crippen LogP contribution in [0, 0.1) is 5.92 Å². The number of amidine groups is 1. The molecule has 6 heteroatoms. The number of aryl methyl sites for hydroxylation is 1. The van der Waals surface area contributed by atoms with Crippen molar-refractivity contribution >= 4 is 5.84 Å². The largest absolute Gasteiger partial charge is 0.409 e. The molecule has 3 N–H and O–H groups in total. The van der Waals surface area contributed by atoms with Crippen molar-refractivity contribution in [1.29, 1.82) is 0 Å². The minimum Gasteiger partial charge on any atom is -0.409 e. The second-order valence-electron chi connectivity index (χ2n) is 5.17. The molecule has 0 amide bonds. The van der Waals surface area contributed by atoms with Crippen molar-refractivity contribution in [3.8, 4) is 0 Å². The van der Waals surface area contributed by atoms with E-state index in [0.717, 1.165) is 26.2 Å². The van der Waals surface area contributed by atoms with Gasteiger partial charge < -0.3 is 10.9 Å². The van der Waals surface area contributed by atoms with Crippen molar-refractivity contribution in [2.45, 2.75) is 40.3 Å². The van der Waals surface area contributed by atoms with Crippen LogP contribution in [0.15, 0.2) is 17.5 Å². The fraction of sp³-hybridized carbons (Fsp3) is 0.692. The minimum atomic E-state index is 0.276. The van der Waals surface area contributed by atoms with E-state index in [1.54, 1.807) is 0 Å². The van der Waals surface area contributed by atoms with Crippen molar-refractivity contribution in [3.63, 3.8) is 0 Å². The van der Waals surface area contributed by atoms with Crippen LogP contribution in [0.25, 0.3) is 0 Å². The number of oxime groups is 1. The fourth-order valence-electron chi connectivity index (χ4n) is 1.99. The standard InChI is InChI=1S/C13H25N5O/c1-4-18-10-12(7-15-18)9-17(8-11(2)3)6-5-13(14)16-19/h7,10-11,19H,4-6,8-9H2,1-3H3,(H2,14,16). The lowest BCUT2D eigenvalue weighted by Gasteiger charge is -2.23. The molecule has 0 saturated heterocycles. The summed E-state index contributed by atoms with van der Waals surface area (Å²) in [5, 5.41) is 15.9. The van der Waals surface area contributed by atoms with Crippen LogP contribution in [0.4, 0.5) is 0 Å². The maximum atomic E-state index is 8.59. The summed E-state index contributed by atoms with van der Waals surface area (Å²) in [6.07, 6.45) is 4.54. The summed E-state index contributed by atoms with van der Waals surface area (Å²) < 4.78 is 1.92. The zero-order chi connectivity index (χ0) is 14.3. The SMILES string of the molecule is CCn1cc(CN(CCC(N)=NO)CC(C)C)cn1. The normalized spacial score (nSPS) is 12.6. The Morgan fingerprint density at radius 3 is 2.84 bits per heavy atom. The molecular formula is C13H25N5O. The quantitative estimate of drug-likeness (QED) is 0.324. The molecule has 0 aliphatic rings. The molecule has 0 aliphatic carbocycles. The van der Waals surface area contributed by atoms with Gasteiger partial charge in [0.2, 0.25) is 0 Å². The van der Waals surface area contributed by atoms with Crippen LogP contribution >= 0.6 is 0 Å². The van der Waals surface area contributed by atoms with Gasteiger partial charge in [0, 0.05) is 44.4 Å². The van der Waals surface area contributed by atoms with Gasteiger partial charge in [-0.25, -0.2) is 0 Å². The highest BCUT2D eigenvalue weighted by Crippen LogP contribution is 2.07.